The van der Waals surface area contributed by atoms with E-state index in [1.54, 1.807) is 0 Å². The van der Waals surface area contributed by atoms with Crippen LogP contribution in [0.25, 0.3) is 0 Å². The number of carbonyl (C=O) groups excluding carboxylic acids is 1. The molecule has 29 heavy (non-hydrogen) atoms. The molecular weight excluding hydrogens is 380 g/mol. The summed E-state index contributed by atoms with van der Waals surface area (Å²) in [6.45, 7) is 9.90. The van der Waals surface area contributed by atoms with Crippen LogP contribution in [-0.2, 0) is 11.2 Å². The van der Waals surface area contributed by atoms with Crippen LogP contribution in [0.1, 0.15) is 23.6 Å². The van der Waals surface area contributed by atoms with Gasteiger partial charge in [0.1, 0.15) is 0 Å². The molecule has 3 rings (SSSR count). The molecule has 0 atom stereocenters. The van der Waals surface area contributed by atoms with Gasteiger partial charge in [0.05, 0.1) is 6.54 Å². The van der Waals surface area contributed by atoms with Gasteiger partial charge in [-0.05, 0) is 67.4 Å². The Morgan fingerprint density at radius 3 is 2.34 bits per heavy atom. The molecule has 1 aliphatic rings. The van der Waals surface area contributed by atoms with Gasteiger partial charge in [-0.3, -0.25) is 9.69 Å². The second kappa shape index (κ2) is 9.85. The van der Waals surface area contributed by atoms with Crippen molar-refractivity contribution in [1.29, 1.82) is 0 Å². The topological polar surface area (TPSA) is 47.6 Å². The number of carbonyl (C=O) groups is 1. The highest BCUT2D eigenvalue weighted by molar-refractivity contribution is 7.80. The van der Waals surface area contributed by atoms with E-state index in [1.807, 2.05) is 19.1 Å². The van der Waals surface area contributed by atoms with Crippen LogP contribution in [0.2, 0.25) is 0 Å². The zero-order valence-electron chi connectivity index (χ0n) is 17.5. The number of hydrogen-bond donors (Lipinski definition) is 2. The van der Waals surface area contributed by atoms with Crippen LogP contribution < -0.4 is 10.6 Å². The van der Waals surface area contributed by atoms with Crippen LogP contribution in [0.3, 0.4) is 0 Å². The lowest BCUT2D eigenvalue weighted by Gasteiger charge is -2.35. The molecule has 154 valence electrons. The van der Waals surface area contributed by atoms with Gasteiger partial charge < -0.3 is 15.5 Å². The van der Waals surface area contributed by atoms with E-state index in [0.717, 1.165) is 54.7 Å². The van der Waals surface area contributed by atoms with Gasteiger partial charge in [0.15, 0.2) is 5.11 Å². The zero-order valence-corrected chi connectivity index (χ0v) is 18.3. The van der Waals surface area contributed by atoms with E-state index in [4.69, 9.17) is 12.2 Å². The number of nitrogens with one attached hydrogen (secondary N) is 2. The maximum absolute atomic E-state index is 12.4. The number of rotatable bonds is 5. The van der Waals surface area contributed by atoms with E-state index >= 15 is 0 Å². The Morgan fingerprint density at radius 2 is 1.69 bits per heavy atom. The number of thiocarbonyl (C=S) groups is 1. The van der Waals surface area contributed by atoms with Crippen molar-refractivity contribution in [3.05, 3.63) is 59.2 Å². The summed E-state index contributed by atoms with van der Waals surface area (Å²) >= 11 is 5.57. The monoisotopic (exact) mass is 410 g/mol. The number of aryl methyl sites for hydroxylation is 2. The largest absolute Gasteiger partial charge is 0.346 e. The molecular formula is C23H30N4OS. The molecule has 1 saturated heterocycles. The summed E-state index contributed by atoms with van der Waals surface area (Å²) in [6.07, 6.45) is 1.03. The van der Waals surface area contributed by atoms with Crippen molar-refractivity contribution in [1.82, 2.24) is 9.80 Å². The van der Waals surface area contributed by atoms with Crippen molar-refractivity contribution in [3.63, 3.8) is 0 Å². The average molecular weight is 411 g/mol. The summed E-state index contributed by atoms with van der Waals surface area (Å²) in [5.74, 6) is 0.0314. The van der Waals surface area contributed by atoms with E-state index < -0.39 is 0 Å². The van der Waals surface area contributed by atoms with E-state index in [9.17, 15) is 4.79 Å². The van der Waals surface area contributed by atoms with Crippen LogP contribution in [0.4, 0.5) is 11.4 Å². The van der Waals surface area contributed by atoms with E-state index in [0.29, 0.717) is 6.54 Å². The first-order valence-electron chi connectivity index (χ1n) is 10.2. The quantitative estimate of drug-likeness (QED) is 0.734. The maximum atomic E-state index is 12.4. The van der Waals surface area contributed by atoms with Crippen LogP contribution in [0.15, 0.2) is 42.5 Å². The summed E-state index contributed by atoms with van der Waals surface area (Å²) in [6, 6.07) is 14.4. The first-order valence-corrected chi connectivity index (χ1v) is 10.6. The SMILES string of the molecule is CCc1ccc(NC(=S)N2CCN(CC(=O)Nc3cccc(C)c3C)CC2)cc1. The Kier molecular flexibility index (Phi) is 7.23. The number of amides is 1. The average Bonchev–Trinajstić information content (AvgIpc) is 2.72. The zero-order chi connectivity index (χ0) is 20.8. The molecule has 1 aliphatic heterocycles. The predicted octanol–water partition coefficient (Wildman–Crippen LogP) is 3.82. The third-order valence-corrected chi connectivity index (χ3v) is 5.88. The number of piperazine rings is 1. The fraction of sp³-hybridized carbons (Fsp3) is 0.391. The lowest BCUT2D eigenvalue weighted by atomic mass is 10.1. The second-order valence-corrected chi connectivity index (χ2v) is 7.93. The van der Waals surface area contributed by atoms with Crippen molar-refractivity contribution >= 4 is 34.6 Å². The number of benzene rings is 2. The van der Waals surface area contributed by atoms with Gasteiger partial charge in [-0.25, -0.2) is 0 Å². The molecule has 2 aromatic carbocycles. The van der Waals surface area contributed by atoms with E-state index in [-0.39, 0.29) is 5.91 Å². The van der Waals surface area contributed by atoms with Gasteiger partial charge >= 0.3 is 0 Å². The summed E-state index contributed by atoms with van der Waals surface area (Å²) in [5.41, 5.74) is 5.53. The highest BCUT2D eigenvalue weighted by Gasteiger charge is 2.21. The molecule has 2 aromatic rings. The summed E-state index contributed by atoms with van der Waals surface area (Å²) in [5, 5.41) is 7.11. The van der Waals surface area contributed by atoms with Gasteiger partial charge in [0.25, 0.3) is 0 Å². The predicted molar refractivity (Wildman–Crippen MR) is 125 cm³/mol. The van der Waals surface area contributed by atoms with Crippen LogP contribution in [0.5, 0.6) is 0 Å². The van der Waals surface area contributed by atoms with E-state index in [2.05, 4.69) is 64.6 Å². The summed E-state index contributed by atoms with van der Waals surface area (Å²) < 4.78 is 0. The molecule has 0 aromatic heterocycles. The highest BCUT2D eigenvalue weighted by Crippen LogP contribution is 2.18. The van der Waals surface area contributed by atoms with E-state index in [1.165, 1.54) is 11.1 Å². The fourth-order valence-electron chi connectivity index (χ4n) is 3.41. The third kappa shape index (κ3) is 5.78. The summed E-state index contributed by atoms with van der Waals surface area (Å²) in [4.78, 5) is 16.8. The summed E-state index contributed by atoms with van der Waals surface area (Å²) in [7, 11) is 0. The normalized spacial score (nSPS) is 14.5. The minimum absolute atomic E-state index is 0.0314. The molecule has 0 unspecified atom stereocenters. The van der Waals surface area contributed by atoms with Crippen molar-refractivity contribution in [2.45, 2.75) is 27.2 Å². The Hall–Kier alpha value is -2.44. The van der Waals surface area contributed by atoms with Crippen molar-refractivity contribution in [3.8, 4) is 0 Å². The fourth-order valence-corrected chi connectivity index (χ4v) is 3.72. The molecule has 6 heteroatoms. The Bertz CT molecular complexity index is 858. The lowest BCUT2D eigenvalue weighted by Crippen LogP contribution is -2.51. The van der Waals surface area contributed by atoms with Crippen LogP contribution >= 0.6 is 12.2 Å². The minimum atomic E-state index is 0.0314. The van der Waals surface area contributed by atoms with Crippen LogP contribution in [0, 0.1) is 13.8 Å². The molecule has 1 amide bonds. The van der Waals surface area contributed by atoms with Crippen molar-refractivity contribution in [2.75, 3.05) is 43.4 Å². The molecule has 1 heterocycles. The number of hydrogen-bond acceptors (Lipinski definition) is 3. The molecule has 0 spiro atoms. The Morgan fingerprint density at radius 1 is 1.00 bits per heavy atom. The molecule has 0 bridgehead atoms. The molecule has 2 N–H and O–H groups in total. The molecule has 0 saturated carbocycles. The van der Waals surface area contributed by atoms with Gasteiger partial charge in [0, 0.05) is 37.6 Å². The van der Waals surface area contributed by atoms with Gasteiger partial charge in [-0.1, -0.05) is 31.2 Å². The molecule has 0 aliphatic carbocycles. The van der Waals surface area contributed by atoms with Gasteiger partial charge in [-0.15, -0.1) is 0 Å². The first-order chi connectivity index (χ1) is 14.0. The smallest absolute Gasteiger partial charge is 0.238 e. The van der Waals surface area contributed by atoms with Gasteiger partial charge in [0.2, 0.25) is 5.91 Å². The minimum Gasteiger partial charge on any atom is -0.346 e. The maximum Gasteiger partial charge on any atom is 0.238 e. The third-order valence-electron chi connectivity index (χ3n) is 5.52. The van der Waals surface area contributed by atoms with Gasteiger partial charge in [-0.2, -0.15) is 0 Å². The first kappa shape index (κ1) is 21.3. The lowest BCUT2D eigenvalue weighted by molar-refractivity contribution is -0.117. The Labute approximate surface area is 179 Å². The van der Waals surface area contributed by atoms with Crippen molar-refractivity contribution < 1.29 is 4.79 Å². The highest BCUT2D eigenvalue weighted by atomic mass is 32.1. The van der Waals surface area contributed by atoms with Crippen molar-refractivity contribution in [2.24, 2.45) is 0 Å². The number of nitrogens with zero attached hydrogens (tertiary/aromatic N) is 2. The van der Waals surface area contributed by atoms with Crippen LogP contribution in [-0.4, -0.2) is 53.5 Å². The molecule has 1 fully saturated rings. The number of anilines is 2. The second-order valence-electron chi connectivity index (χ2n) is 7.54. The molecule has 5 nitrogen and oxygen atoms in total. The molecule has 0 radical (unpaired) electrons. The Balaban J connectivity index is 1.45. The standard InChI is InChI=1S/C23H30N4OS/c1-4-19-8-10-20(11-9-19)24-23(29)27-14-12-26(13-15-27)16-22(28)25-21-7-5-6-17(2)18(21)3/h5-11H,4,12-16H2,1-3H3,(H,24,29)(H,25,28).